The zero-order valence-corrected chi connectivity index (χ0v) is 13.3. The molecule has 3 rings (SSSR count). The van der Waals surface area contributed by atoms with E-state index < -0.39 is 0 Å². The minimum Gasteiger partial charge on any atom is -0.308 e. The van der Waals surface area contributed by atoms with Crippen LogP contribution < -0.4 is 5.32 Å². The molecule has 1 N–H and O–H groups in total. The first-order valence-corrected chi connectivity index (χ1v) is 8.82. The van der Waals surface area contributed by atoms with Crippen LogP contribution in [0.15, 0.2) is 17.5 Å². The third kappa shape index (κ3) is 2.64. The fraction of sp³-hybridized carbons (Fsp3) is 0.500. The summed E-state index contributed by atoms with van der Waals surface area (Å²) in [6.45, 7) is 2.22. The van der Waals surface area contributed by atoms with Gasteiger partial charge in [-0.15, -0.1) is 22.7 Å². The zero-order valence-electron chi connectivity index (χ0n) is 11.7. The quantitative estimate of drug-likeness (QED) is 0.809. The van der Waals surface area contributed by atoms with E-state index in [4.69, 9.17) is 0 Å². The van der Waals surface area contributed by atoms with Gasteiger partial charge >= 0.3 is 0 Å². The summed E-state index contributed by atoms with van der Waals surface area (Å²) >= 11 is 3.90. The van der Waals surface area contributed by atoms with Gasteiger partial charge < -0.3 is 5.32 Å². The van der Waals surface area contributed by atoms with Crippen LogP contribution in [0, 0.1) is 6.92 Å². The molecule has 1 nitrogen and oxygen atoms in total. The molecule has 3 heteroatoms. The van der Waals surface area contributed by atoms with Crippen LogP contribution in [0.5, 0.6) is 0 Å². The molecule has 0 aliphatic heterocycles. The maximum absolute atomic E-state index is 3.51. The number of nitrogens with one attached hydrogen (secondary N) is 1. The Labute approximate surface area is 123 Å². The third-order valence-electron chi connectivity index (χ3n) is 4.00. The van der Waals surface area contributed by atoms with E-state index in [0.29, 0.717) is 6.04 Å². The molecule has 1 aliphatic carbocycles. The summed E-state index contributed by atoms with van der Waals surface area (Å²) in [4.78, 5) is 4.61. The van der Waals surface area contributed by atoms with Crippen LogP contribution in [-0.4, -0.2) is 7.05 Å². The number of fused-ring (bicyclic) bond motifs is 1. The number of rotatable bonds is 3. The van der Waals surface area contributed by atoms with Gasteiger partial charge in [0, 0.05) is 14.6 Å². The summed E-state index contributed by atoms with van der Waals surface area (Å²) in [5.74, 6) is 0. The zero-order chi connectivity index (χ0) is 13.2. The first-order valence-electron chi connectivity index (χ1n) is 7.12. The van der Waals surface area contributed by atoms with Gasteiger partial charge in [-0.3, -0.25) is 0 Å². The molecule has 0 spiro atoms. The van der Waals surface area contributed by atoms with E-state index in [9.17, 15) is 0 Å². The smallest absolute Gasteiger partial charge is 0.0765 e. The molecule has 2 aromatic rings. The van der Waals surface area contributed by atoms with E-state index in [2.05, 4.69) is 36.8 Å². The number of aryl methyl sites for hydroxylation is 3. The van der Waals surface area contributed by atoms with Crippen molar-refractivity contribution in [1.29, 1.82) is 0 Å². The molecule has 102 valence electrons. The molecular weight excluding hydrogens is 270 g/mol. The predicted octanol–water partition coefficient (Wildman–Crippen LogP) is 4.70. The van der Waals surface area contributed by atoms with Crippen molar-refractivity contribution in [2.24, 2.45) is 0 Å². The standard InChI is InChI=1S/C16H21NS2/c1-11-8-9-18-16(11)15(17-2)14-10-12-6-4-3-5-7-13(12)19-14/h8-10,15,17H,3-7H2,1-2H3. The fourth-order valence-corrected chi connectivity index (χ4v) is 5.42. The maximum atomic E-state index is 3.51. The first kappa shape index (κ1) is 13.3. The second kappa shape index (κ2) is 5.78. The fourth-order valence-electron chi connectivity index (χ4n) is 2.92. The summed E-state index contributed by atoms with van der Waals surface area (Å²) in [5, 5.41) is 5.71. The Balaban J connectivity index is 1.94. The Bertz CT molecular complexity index is 529. The van der Waals surface area contributed by atoms with Crippen LogP contribution in [0.1, 0.15) is 51.1 Å². The van der Waals surface area contributed by atoms with E-state index in [1.165, 1.54) is 47.4 Å². The molecule has 1 unspecified atom stereocenters. The van der Waals surface area contributed by atoms with Crippen LogP contribution >= 0.6 is 22.7 Å². The van der Waals surface area contributed by atoms with Gasteiger partial charge in [-0.1, -0.05) is 6.42 Å². The minimum atomic E-state index is 0.386. The average molecular weight is 291 g/mol. The van der Waals surface area contributed by atoms with Crippen molar-refractivity contribution in [3.8, 4) is 0 Å². The van der Waals surface area contributed by atoms with Gasteiger partial charge in [-0.25, -0.2) is 0 Å². The van der Waals surface area contributed by atoms with E-state index in [-0.39, 0.29) is 0 Å². The molecule has 0 aromatic carbocycles. The first-order chi connectivity index (χ1) is 9.29. The van der Waals surface area contributed by atoms with Crippen molar-refractivity contribution < 1.29 is 0 Å². The molecule has 0 saturated heterocycles. The second-order valence-electron chi connectivity index (χ2n) is 5.35. The molecular formula is C16H21NS2. The molecule has 2 aromatic heterocycles. The van der Waals surface area contributed by atoms with Crippen molar-refractivity contribution >= 4 is 22.7 Å². The number of thiophene rings is 2. The van der Waals surface area contributed by atoms with Gasteiger partial charge in [-0.05, 0) is 68.3 Å². The van der Waals surface area contributed by atoms with Crippen LogP contribution in [0.2, 0.25) is 0 Å². The summed E-state index contributed by atoms with van der Waals surface area (Å²) in [6.07, 6.45) is 6.71. The normalized spacial score (nSPS) is 16.9. The Morgan fingerprint density at radius 1 is 1.21 bits per heavy atom. The van der Waals surface area contributed by atoms with Crippen LogP contribution in [-0.2, 0) is 12.8 Å². The summed E-state index contributed by atoms with van der Waals surface area (Å²) < 4.78 is 0. The van der Waals surface area contributed by atoms with Gasteiger partial charge in [0.15, 0.2) is 0 Å². The monoisotopic (exact) mass is 291 g/mol. The molecule has 0 bridgehead atoms. The summed E-state index contributed by atoms with van der Waals surface area (Å²) in [5.41, 5.74) is 3.03. The van der Waals surface area contributed by atoms with Gasteiger partial charge in [-0.2, -0.15) is 0 Å². The SMILES string of the molecule is CNC(c1cc2c(s1)CCCCC2)c1sccc1C. The highest BCUT2D eigenvalue weighted by Crippen LogP contribution is 2.37. The van der Waals surface area contributed by atoms with E-state index in [1.807, 2.05) is 22.7 Å². The van der Waals surface area contributed by atoms with Crippen molar-refractivity contribution in [3.63, 3.8) is 0 Å². The largest absolute Gasteiger partial charge is 0.308 e. The lowest BCUT2D eigenvalue weighted by molar-refractivity contribution is 0.703. The van der Waals surface area contributed by atoms with Crippen molar-refractivity contribution in [2.45, 2.75) is 45.1 Å². The second-order valence-corrected chi connectivity index (χ2v) is 7.46. The number of hydrogen-bond acceptors (Lipinski definition) is 3. The molecule has 0 radical (unpaired) electrons. The highest BCUT2D eigenvalue weighted by molar-refractivity contribution is 7.13. The third-order valence-corrected chi connectivity index (χ3v) is 6.39. The number of hydrogen-bond donors (Lipinski definition) is 1. The Morgan fingerprint density at radius 2 is 2.05 bits per heavy atom. The summed E-state index contributed by atoms with van der Waals surface area (Å²) in [6, 6.07) is 5.08. The molecule has 0 saturated carbocycles. The Morgan fingerprint density at radius 3 is 2.79 bits per heavy atom. The lowest BCUT2D eigenvalue weighted by atomic mass is 10.1. The molecule has 0 fully saturated rings. The maximum Gasteiger partial charge on any atom is 0.0765 e. The average Bonchev–Trinajstić information content (AvgIpc) is 2.93. The lowest BCUT2D eigenvalue weighted by Gasteiger charge is -2.14. The molecule has 1 atom stereocenters. The van der Waals surface area contributed by atoms with Gasteiger partial charge in [0.1, 0.15) is 0 Å². The topological polar surface area (TPSA) is 12.0 Å². The van der Waals surface area contributed by atoms with Crippen molar-refractivity contribution in [2.75, 3.05) is 7.05 Å². The van der Waals surface area contributed by atoms with Gasteiger partial charge in [0.2, 0.25) is 0 Å². The molecule has 2 heterocycles. The molecule has 19 heavy (non-hydrogen) atoms. The van der Waals surface area contributed by atoms with Crippen LogP contribution in [0.3, 0.4) is 0 Å². The van der Waals surface area contributed by atoms with Crippen molar-refractivity contribution in [3.05, 3.63) is 43.3 Å². The minimum absolute atomic E-state index is 0.386. The predicted molar refractivity (Wildman–Crippen MR) is 85.5 cm³/mol. The molecule has 1 aliphatic rings. The van der Waals surface area contributed by atoms with Crippen molar-refractivity contribution in [1.82, 2.24) is 5.32 Å². The van der Waals surface area contributed by atoms with E-state index >= 15 is 0 Å². The van der Waals surface area contributed by atoms with Gasteiger partial charge in [0.05, 0.1) is 6.04 Å². The Kier molecular flexibility index (Phi) is 4.06. The van der Waals surface area contributed by atoms with Crippen LogP contribution in [0.25, 0.3) is 0 Å². The van der Waals surface area contributed by atoms with E-state index in [0.717, 1.165) is 0 Å². The molecule has 0 amide bonds. The van der Waals surface area contributed by atoms with Crippen LogP contribution in [0.4, 0.5) is 0 Å². The highest BCUT2D eigenvalue weighted by Gasteiger charge is 2.20. The lowest BCUT2D eigenvalue weighted by Crippen LogP contribution is -2.16. The summed E-state index contributed by atoms with van der Waals surface area (Å²) in [7, 11) is 2.08. The van der Waals surface area contributed by atoms with Gasteiger partial charge in [0.25, 0.3) is 0 Å². The highest BCUT2D eigenvalue weighted by atomic mass is 32.1. The Hall–Kier alpha value is -0.640. The van der Waals surface area contributed by atoms with E-state index in [1.54, 1.807) is 10.4 Å².